The largest absolute Gasteiger partial charge is 0.321 e. The van der Waals surface area contributed by atoms with Crippen molar-refractivity contribution < 1.29 is 4.79 Å². The minimum absolute atomic E-state index is 0.247. The number of fused-ring (bicyclic) bond motifs is 1. The molecule has 0 radical (unpaired) electrons. The molecule has 0 spiro atoms. The smallest absolute Gasteiger partial charge is 0.274 e. The highest BCUT2D eigenvalue weighted by atomic mass is 35.5. The number of amides is 1. The predicted molar refractivity (Wildman–Crippen MR) is 97.5 cm³/mol. The molecule has 0 saturated carbocycles. The third-order valence-corrected chi connectivity index (χ3v) is 4.70. The van der Waals surface area contributed by atoms with E-state index >= 15 is 0 Å². The maximum Gasteiger partial charge on any atom is 0.274 e. The lowest BCUT2D eigenvalue weighted by Gasteiger charge is -2.08. The van der Waals surface area contributed by atoms with Gasteiger partial charge in [-0.1, -0.05) is 42.8 Å². The zero-order chi connectivity index (χ0) is 16.2. The summed E-state index contributed by atoms with van der Waals surface area (Å²) in [5.74, 6) is 0.703. The quantitative estimate of drug-likeness (QED) is 0.658. The van der Waals surface area contributed by atoms with Gasteiger partial charge in [-0.25, -0.2) is 4.98 Å². The highest BCUT2D eigenvalue weighted by Gasteiger charge is 2.10. The number of nitrogens with zero attached hydrogens (tertiary/aromatic N) is 1. The number of hydrogen-bond acceptors (Lipinski definition) is 3. The number of carbonyl (C=O) groups excluding carboxylic acids is 1. The summed E-state index contributed by atoms with van der Waals surface area (Å²) in [6, 6.07) is 16.9. The second kappa shape index (κ2) is 7.02. The first kappa shape index (κ1) is 15.8. The van der Waals surface area contributed by atoms with Crippen LogP contribution in [-0.2, 0) is 0 Å². The fraction of sp³-hybridized carbons (Fsp3) is 0.111. The van der Waals surface area contributed by atoms with Gasteiger partial charge in [0.25, 0.3) is 5.91 Å². The standard InChI is InChI=1S/C18H15ClN2OS/c1-2-23-17-10-8-13(11-14(17)19)20-18(22)16-9-7-12-5-3-4-6-15(12)21-16/h3-11H,2H2,1H3,(H,20,22). The fourth-order valence-electron chi connectivity index (χ4n) is 2.24. The van der Waals surface area contributed by atoms with Gasteiger partial charge in [-0.15, -0.1) is 11.8 Å². The van der Waals surface area contributed by atoms with Crippen molar-refractivity contribution in [3.8, 4) is 0 Å². The van der Waals surface area contributed by atoms with Gasteiger partial charge in [-0.3, -0.25) is 4.79 Å². The van der Waals surface area contributed by atoms with Crippen LogP contribution in [0, 0.1) is 0 Å². The molecular weight excluding hydrogens is 328 g/mol. The zero-order valence-electron chi connectivity index (χ0n) is 12.5. The molecule has 3 rings (SSSR count). The van der Waals surface area contributed by atoms with Crippen molar-refractivity contribution in [2.24, 2.45) is 0 Å². The van der Waals surface area contributed by atoms with Gasteiger partial charge in [-0.05, 0) is 36.1 Å². The summed E-state index contributed by atoms with van der Waals surface area (Å²) in [6.07, 6.45) is 0. The molecule has 0 fully saturated rings. The van der Waals surface area contributed by atoms with Crippen LogP contribution in [0.5, 0.6) is 0 Å². The monoisotopic (exact) mass is 342 g/mol. The normalized spacial score (nSPS) is 10.7. The topological polar surface area (TPSA) is 42.0 Å². The van der Waals surface area contributed by atoms with Crippen LogP contribution in [0.3, 0.4) is 0 Å². The molecule has 0 aliphatic rings. The molecule has 0 bridgehead atoms. The Morgan fingerprint density at radius 3 is 2.78 bits per heavy atom. The molecule has 3 nitrogen and oxygen atoms in total. The van der Waals surface area contributed by atoms with E-state index in [1.807, 2.05) is 42.5 Å². The number of benzene rings is 2. The van der Waals surface area contributed by atoms with Gasteiger partial charge < -0.3 is 5.32 Å². The van der Waals surface area contributed by atoms with Crippen molar-refractivity contribution in [1.82, 2.24) is 4.98 Å². The van der Waals surface area contributed by atoms with Crippen LogP contribution < -0.4 is 5.32 Å². The van der Waals surface area contributed by atoms with Crippen LogP contribution in [0.1, 0.15) is 17.4 Å². The van der Waals surface area contributed by atoms with Gasteiger partial charge in [-0.2, -0.15) is 0 Å². The van der Waals surface area contributed by atoms with Crippen molar-refractivity contribution in [1.29, 1.82) is 0 Å². The number of hydrogen-bond donors (Lipinski definition) is 1. The molecular formula is C18H15ClN2OS. The molecule has 1 N–H and O–H groups in total. The molecule has 2 aromatic carbocycles. The Morgan fingerprint density at radius 2 is 2.00 bits per heavy atom. The second-order valence-electron chi connectivity index (χ2n) is 4.92. The van der Waals surface area contributed by atoms with Crippen molar-refractivity contribution in [2.75, 3.05) is 11.1 Å². The van der Waals surface area contributed by atoms with E-state index in [1.54, 1.807) is 23.9 Å². The van der Waals surface area contributed by atoms with E-state index in [2.05, 4.69) is 17.2 Å². The first-order chi connectivity index (χ1) is 11.2. The fourth-order valence-corrected chi connectivity index (χ4v) is 3.26. The Hall–Kier alpha value is -2.04. The van der Waals surface area contributed by atoms with Gasteiger partial charge in [0.1, 0.15) is 5.69 Å². The first-order valence-electron chi connectivity index (χ1n) is 7.27. The summed E-state index contributed by atoms with van der Waals surface area (Å²) < 4.78 is 0. The van der Waals surface area contributed by atoms with Crippen LogP contribution in [0.15, 0.2) is 59.5 Å². The number of pyridine rings is 1. The first-order valence-corrected chi connectivity index (χ1v) is 8.63. The van der Waals surface area contributed by atoms with E-state index in [4.69, 9.17) is 11.6 Å². The molecule has 5 heteroatoms. The Balaban J connectivity index is 1.81. The zero-order valence-corrected chi connectivity index (χ0v) is 14.1. The van der Waals surface area contributed by atoms with Crippen LogP contribution in [-0.4, -0.2) is 16.6 Å². The summed E-state index contributed by atoms with van der Waals surface area (Å²) in [7, 11) is 0. The Kier molecular flexibility index (Phi) is 4.84. The van der Waals surface area contributed by atoms with E-state index in [1.165, 1.54) is 0 Å². The van der Waals surface area contributed by atoms with Gasteiger partial charge in [0, 0.05) is 16.0 Å². The average molecular weight is 343 g/mol. The number of carbonyl (C=O) groups is 1. The van der Waals surface area contributed by atoms with Gasteiger partial charge >= 0.3 is 0 Å². The van der Waals surface area contributed by atoms with Gasteiger partial charge in [0.15, 0.2) is 0 Å². The molecule has 23 heavy (non-hydrogen) atoms. The molecule has 116 valence electrons. The summed E-state index contributed by atoms with van der Waals surface area (Å²) in [5.41, 5.74) is 1.84. The highest BCUT2D eigenvalue weighted by Crippen LogP contribution is 2.29. The van der Waals surface area contributed by atoms with Crippen LogP contribution >= 0.6 is 23.4 Å². The van der Waals surface area contributed by atoms with Crippen LogP contribution in [0.4, 0.5) is 5.69 Å². The SMILES string of the molecule is CCSc1ccc(NC(=O)c2ccc3ccccc3n2)cc1Cl. The molecule has 3 aromatic rings. The van der Waals surface area contributed by atoms with Crippen molar-refractivity contribution >= 4 is 45.9 Å². The molecule has 1 aromatic heterocycles. The minimum atomic E-state index is -0.247. The van der Waals surface area contributed by atoms with Gasteiger partial charge in [0.2, 0.25) is 0 Å². The predicted octanol–water partition coefficient (Wildman–Crippen LogP) is 5.25. The van der Waals surface area contributed by atoms with Crippen LogP contribution in [0.2, 0.25) is 5.02 Å². The molecule has 0 unspecified atom stereocenters. The summed E-state index contributed by atoms with van der Waals surface area (Å²) in [4.78, 5) is 17.8. The molecule has 0 aliphatic heterocycles. The van der Waals surface area contributed by atoms with Crippen molar-refractivity contribution in [2.45, 2.75) is 11.8 Å². The molecule has 0 aliphatic carbocycles. The number of thioether (sulfide) groups is 1. The molecule has 0 saturated heterocycles. The number of nitrogens with one attached hydrogen (secondary N) is 1. The molecule has 0 atom stereocenters. The van der Waals surface area contributed by atoms with Gasteiger partial charge in [0.05, 0.1) is 10.5 Å². The number of anilines is 1. The molecule has 1 heterocycles. The van der Waals surface area contributed by atoms with E-state index in [0.29, 0.717) is 16.4 Å². The lowest BCUT2D eigenvalue weighted by molar-refractivity contribution is 0.102. The minimum Gasteiger partial charge on any atom is -0.321 e. The summed E-state index contributed by atoms with van der Waals surface area (Å²) in [5, 5.41) is 4.49. The number of aromatic nitrogens is 1. The number of para-hydroxylation sites is 1. The lowest BCUT2D eigenvalue weighted by atomic mass is 10.2. The number of halogens is 1. The Bertz CT molecular complexity index is 867. The van der Waals surface area contributed by atoms with Crippen molar-refractivity contribution in [3.05, 3.63) is 65.3 Å². The second-order valence-corrected chi connectivity index (χ2v) is 6.63. The Morgan fingerprint density at radius 1 is 1.17 bits per heavy atom. The van der Waals surface area contributed by atoms with Crippen LogP contribution in [0.25, 0.3) is 10.9 Å². The average Bonchev–Trinajstić information content (AvgIpc) is 2.57. The van der Waals surface area contributed by atoms with E-state index in [0.717, 1.165) is 21.6 Å². The highest BCUT2D eigenvalue weighted by molar-refractivity contribution is 7.99. The third kappa shape index (κ3) is 3.66. The lowest BCUT2D eigenvalue weighted by Crippen LogP contribution is -2.13. The Labute approximate surface area is 144 Å². The third-order valence-electron chi connectivity index (χ3n) is 3.32. The summed E-state index contributed by atoms with van der Waals surface area (Å²) in [6.45, 7) is 2.07. The molecule has 1 amide bonds. The summed E-state index contributed by atoms with van der Waals surface area (Å²) >= 11 is 7.90. The maximum absolute atomic E-state index is 12.4. The maximum atomic E-state index is 12.4. The van der Waals surface area contributed by atoms with Crippen molar-refractivity contribution in [3.63, 3.8) is 0 Å². The van der Waals surface area contributed by atoms with E-state index in [9.17, 15) is 4.79 Å². The van der Waals surface area contributed by atoms with E-state index < -0.39 is 0 Å². The van der Waals surface area contributed by atoms with E-state index in [-0.39, 0.29) is 5.91 Å². The number of rotatable bonds is 4.